The van der Waals surface area contributed by atoms with E-state index in [-0.39, 0.29) is 5.41 Å². The Kier molecular flexibility index (Phi) is 6.92. The van der Waals surface area contributed by atoms with Gasteiger partial charge in [0.2, 0.25) is 0 Å². The average Bonchev–Trinajstić information content (AvgIpc) is 3.79. The maximum absolute atomic E-state index is 2.52. The fourth-order valence-corrected chi connectivity index (χ4v) is 9.68. The molecule has 0 radical (unpaired) electrons. The van der Waals surface area contributed by atoms with Crippen molar-refractivity contribution in [3.05, 3.63) is 187 Å². The van der Waals surface area contributed by atoms with E-state index in [0.717, 1.165) is 24.2 Å². The van der Waals surface area contributed by atoms with Crippen LogP contribution in [0.2, 0.25) is 0 Å². The molecule has 4 bridgehead atoms. The highest BCUT2D eigenvalue weighted by atomic mass is 32.1. The fraction of sp³-hybridized carbons (Fsp3) is 0.0698. The third kappa shape index (κ3) is 4.84. The summed E-state index contributed by atoms with van der Waals surface area (Å²) in [5.74, 6) is 0. The van der Waals surface area contributed by atoms with Gasteiger partial charge >= 0.3 is 0 Å². The van der Waals surface area contributed by atoms with Crippen molar-refractivity contribution in [1.29, 1.82) is 0 Å². The first-order valence-corrected chi connectivity index (χ1v) is 17.8. The Labute approximate surface area is 284 Å². The van der Waals surface area contributed by atoms with Crippen molar-refractivity contribution in [3.63, 3.8) is 0 Å². The molecule has 4 aliphatic rings. The number of anilines is 4. The zero-order valence-corrected chi connectivity index (χ0v) is 27.4. The summed E-state index contributed by atoms with van der Waals surface area (Å²) in [4.78, 5) is 7.52. The Balaban J connectivity index is 1.34. The molecule has 3 aliphatic carbocycles. The van der Waals surface area contributed by atoms with Crippen LogP contribution >= 0.6 is 22.7 Å². The van der Waals surface area contributed by atoms with E-state index in [4.69, 9.17) is 0 Å². The molecule has 226 valence electrons. The monoisotopic (exact) mass is 640 g/mol. The van der Waals surface area contributed by atoms with Gasteiger partial charge in [-0.3, -0.25) is 0 Å². The minimum absolute atomic E-state index is 0.232. The number of rotatable bonds is 5. The zero-order chi connectivity index (χ0) is 31.2. The Morgan fingerprint density at radius 1 is 0.681 bits per heavy atom. The van der Waals surface area contributed by atoms with Gasteiger partial charge in [0, 0.05) is 33.9 Å². The number of nitrogens with zero attached hydrogens (tertiary/aromatic N) is 2. The molecular formula is C43H32N2S2. The van der Waals surface area contributed by atoms with Gasteiger partial charge < -0.3 is 9.80 Å². The number of allylic oxidation sites excluding steroid dienone is 11. The smallest absolute Gasteiger partial charge is 0.101 e. The normalized spacial score (nSPS) is 19.0. The van der Waals surface area contributed by atoms with Gasteiger partial charge in [0.05, 0.1) is 15.2 Å². The lowest BCUT2D eigenvalue weighted by Crippen LogP contribution is -2.29. The third-order valence-electron chi connectivity index (χ3n) is 9.26. The van der Waals surface area contributed by atoms with Crippen molar-refractivity contribution in [3.8, 4) is 20.9 Å². The summed E-state index contributed by atoms with van der Waals surface area (Å²) in [7, 11) is 0. The standard InChI is InChI=1S/C43H32N2S2/c1-2-9-20-33(19-8-1)44(34-21-10-4-11-22-34)39-29-37-32-18-14-26-43(30-32)27-15-25-38(43)45(35-23-12-5-13-24-35)40-28-36(31-16-6-3-7-17-31)41(47-40)42(37)46-39/h1,3-25,27-30H,2,26H2. The second-order valence-corrected chi connectivity index (χ2v) is 14.2. The van der Waals surface area contributed by atoms with Gasteiger partial charge in [0.1, 0.15) is 10.0 Å². The van der Waals surface area contributed by atoms with Gasteiger partial charge in [-0.25, -0.2) is 0 Å². The molecule has 3 aromatic carbocycles. The molecule has 1 atom stereocenters. The summed E-state index contributed by atoms with van der Waals surface area (Å²) >= 11 is 3.79. The molecule has 2 aromatic heterocycles. The Morgan fingerprint density at radius 2 is 1.45 bits per heavy atom. The lowest BCUT2D eigenvalue weighted by atomic mass is 9.76. The van der Waals surface area contributed by atoms with Crippen LogP contribution in [0.1, 0.15) is 18.4 Å². The van der Waals surface area contributed by atoms with E-state index in [1.54, 1.807) is 0 Å². The summed E-state index contributed by atoms with van der Waals surface area (Å²) in [6, 6.07) is 37.4. The minimum atomic E-state index is -0.232. The first-order chi connectivity index (χ1) is 23.3. The summed E-state index contributed by atoms with van der Waals surface area (Å²) in [5.41, 5.74) is 9.62. The summed E-state index contributed by atoms with van der Waals surface area (Å²) in [5, 5.41) is 2.43. The first kappa shape index (κ1) is 28.1. The Bertz CT molecular complexity index is 2190. The molecular weight excluding hydrogens is 609 g/mol. The quantitative estimate of drug-likeness (QED) is 0.189. The molecule has 1 spiro atoms. The van der Waals surface area contributed by atoms with Crippen LogP contribution in [0.3, 0.4) is 0 Å². The van der Waals surface area contributed by atoms with E-state index in [1.807, 2.05) is 22.7 Å². The molecule has 0 saturated heterocycles. The molecule has 47 heavy (non-hydrogen) atoms. The molecule has 0 fully saturated rings. The van der Waals surface area contributed by atoms with Gasteiger partial charge in [0.15, 0.2) is 0 Å². The van der Waals surface area contributed by atoms with E-state index in [1.165, 1.54) is 53.4 Å². The molecule has 1 aliphatic heterocycles. The van der Waals surface area contributed by atoms with Gasteiger partial charge in [-0.05, 0) is 78.6 Å². The van der Waals surface area contributed by atoms with Crippen molar-refractivity contribution in [1.82, 2.24) is 0 Å². The van der Waals surface area contributed by atoms with Gasteiger partial charge in [0.25, 0.3) is 0 Å². The van der Waals surface area contributed by atoms with Crippen LogP contribution in [-0.2, 0) is 0 Å². The second kappa shape index (κ2) is 11.6. The summed E-state index contributed by atoms with van der Waals surface area (Å²) in [6.45, 7) is 0. The van der Waals surface area contributed by atoms with Crippen LogP contribution < -0.4 is 9.80 Å². The highest BCUT2D eigenvalue weighted by Crippen LogP contribution is 2.57. The lowest BCUT2D eigenvalue weighted by Gasteiger charge is -2.37. The van der Waals surface area contributed by atoms with Crippen molar-refractivity contribution < 1.29 is 0 Å². The van der Waals surface area contributed by atoms with Crippen molar-refractivity contribution >= 4 is 49.6 Å². The highest BCUT2D eigenvalue weighted by molar-refractivity contribution is 7.26. The maximum Gasteiger partial charge on any atom is 0.101 e. The van der Waals surface area contributed by atoms with Gasteiger partial charge in [-0.1, -0.05) is 115 Å². The molecule has 0 amide bonds. The number of benzene rings is 3. The first-order valence-electron chi connectivity index (χ1n) is 16.1. The van der Waals surface area contributed by atoms with E-state index in [0.29, 0.717) is 0 Å². The molecule has 5 aromatic rings. The number of hydrogen-bond acceptors (Lipinski definition) is 4. The molecule has 4 heteroatoms. The number of hydrogen-bond donors (Lipinski definition) is 0. The van der Waals surface area contributed by atoms with Crippen LogP contribution in [0, 0.1) is 5.41 Å². The summed E-state index contributed by atoms with van der Waals surface area (Å²) in [6.07, 6.45) is 27.2. The molecule has 2 nitrogen and oxygen atoms in total. The fourth-order valence-electron chi connectivity index (χ4n) is 7.08. The average molecular weight is 641 g/mol. The largest absolute Gasteiger partial charge is 0.304 e. The van der Waals surface area contributed by atoms with E-state index >= 15 is 0 Å². The molecule has 9 rings (SSSR count). The van der Waals surface area contributed by atoms with Crippen LogP contribution in [-0.4, -0.2) is 0 Å². The topological polar surface area (TPSA) is 6.48 Å². The minimum Gasteiger partial charge on any atom is -0.304 e. The number of para-hydroxylation sites is 2. The van der Waals surface area contributed by atoms with Crippen molar-refractivity contribution in [2.45, 2.75) is 12.8 Å². The maximum atomic E-state index is 2.52. The van der Waals surface area contributed by atoms with Crippen molar-refractivity contribution in [2.24, 2.45) is 5.41 Å². The zero-order valence-electron chi connectivity index (χ0n) is 25.8. The highest BCUT2D eigenvalue weighted by Gasteiger charge is 2.40. The molecule has 1 unspecified atom stereocenters. The van der Waals surface area contributed by atoms with E-state index in [9.17, 15) is 0 Å². The van der Waals surface area contributed by atoms with E-state index < -0.39 is 0 Å². The molecule has 0 saturated carbocycles. The summed E-state index contributed by atoms with van der Waals surface area (Å²) < 4.78 is 0. The third-order valence-corrected chi connectivity index (χ3v) is 11.7. The number of thiophene rings is 2. The SMILES string of the molecule is C1=CCC=CC(N(c2ccccc2)c2cc3c(s2)-c2sc(cc2-c2ccccc2)N(c2ccccc2)C2=CC=CC24C=C3C=CC4)=C1. The predicted octanol–water partition coefficient (Wildman–Crippen LogP) is 12.6. The van der Waals surface area contributed by atoms with Crippen LogP contribution in [0.25, 0.3) is 26.5 Å². The van der Waals surface area contributed by atoms with Crippen molar-refractivity contribution in [2.75, 3.05) is 9.80 Å². The van der Waals surface area contributed by atoms with Crippen LogP contribution in [0.15, 0.2) is 181 Å². The Morgan fingerprint density at radius 3 is 2.28 bits per heavy atom. The Hall–Kier alpha value is -5.16. The van der Waals surface area contributed by atoms with Gasteiger partial charge in [-0.2, -0.15) is 0 Å². The molecule has 0 N–H and O–H groups in total. The molecule has 3 heterocycles. The second-order valence-electron chi connectivity index (χ2n) is 12.2. The number of fused-ring (bicyclic) bond motifs is 5. The van der Waals surface area contributed by atoms with Crippen LogP contribution in [0.4, 0.5) is 21.4 Å². The van der Waals surface area contributed by atoms with E-state index in [2.05, 4.69) is 180 Å². The van der Waals surface area contributed by atoms with Crippen LogP contribution in [0.5, 0.6) is 0 Å². The lowest BCUT2D eigenvalue weighted by molar-refractivity contribution is 0.592. The van der Waals surface area contributed by atoms with Gasteiger partial charge in [-0.15, -0.1) is 22.7 Å². The predicted molar refractivity (Wildman–Crippen MR) is 203 cm³/mol.